The van der Waals surface area contributed by atoms with Gasteiger partial charge in [-0.2, -0.15) is 0 Å². The number of amides is 2. The van der Waals surface area contributed by atoms with Crippen molar-refractivity contribution < 1.29 is 19.1 Å². The summed E-state index contributed by atoms with van der Waals surface area (Å²) in [7, 11) is 0. The molecule has 1 fully saturated rings. The number of aryl methyl sites for hydroxylation is 1. The number of carbonyl (C=O) groups is 2. The monoisotopic (exact) mass is 597 g/mol. The summed E-state index contributed by atoms with van der Waals surface area (Å²) >= 11 is 5.12. The SMILES string of the molecule is Cc1ccsc1CN(Cc1ccc2c(c1)OCO2)C(=O)CN(CCN1CCCC1)C(=O)c1cccc(Br)c1. The van der Waals surface area contributed by atoms with Gasteiger partial charge in [0, 0.05) is 34.5 Å². The fraction of sp³-hybridized carbons (Fsp3) is 0.379. The van der Waals surface area contributed by atoms with Gasteiger partial charge in [0.15, 0.2) is 11.5 Å². The third-order valence-electron chi connectivity index (χ3n) is 7.04. The predicted octanol–water partition coefficient (Wildman–Crippen LogP) is 5.31. The Morgan fingerprint density at radius 3 is 2.58 bits per heavy atom. The van der Waals surface area contributed by atoms with Crippen LogP contribution >= 0.6 is 27.3 Å². The van der Waals surface area contributed by atoms with Crippen molar-refractivity contribution >= 4 is 39.1 Å². The molecule has 0 atom stereocenters. The maximum Gasteiger partial charge on any atom is 0.254 e. The van der Waals surface area contributed by atoms with Crippen LogP contribution in [0.2, 0.25) is 0 Å². The number of hydrogen-bond donors (Lipinski definition) is 0. The number of nitrogens with zero attached hydrogens (tertiary/aromatic N) is 3. The first kappa shape index (κ1) is 26.7. The molecule has 5 rings (SSSR count). The molecular weight excluding hydrogens is 566 g/mol. The van der Waals surface area contributed by atoms with Crippen molar-refractivity contribution in [2.24, 2.45) is 0 Å². The minimum atomic E-state index is -0.130. The molecule has 1 aromatic heterocycles. The molecule has 2 amide bonds. The number of carbonyl (C=O) groups excluding carboxylic acids is 2. The molecule has 0 bridgehead atoms. The molecule has 3 heterocycles. The van der Waals surface area contributed by atoms with Crippen molar-refractivity contribution in [1.82, 2.24) is 14.7 Å². The van der Waals surface area contributed by atoms with Crippen LogP contribution in [0.4, 0.5) is 0 Å². The molecule has 0 N–H and O–H groups in total. The average Bonchev–Trinajstić information content (AvgIpc) is 3.68. The first-order valence-electron chi connectivity index (χ1n) is 12.9. The first-order valence-corrected chi connectivity index (χ1v) is 14.6. The number of ether oxygens (including phenoxy) is 2. The van der Waals surface area contributed by atoms with Gasteiger partial charge in [0.25, 0.3) is 5.91 Å². The Hall–Kier alpha value is -2.88. The lowest BCUT2D eigenvalue weighted by atomic mass is 10.1. The molecule has 2 aliphatic rings. The van der Waals surface area contributed by atoms with Crippen molar-refractivity contribution in [2.45, 2.75) is 32.9 Å². The Bertz CT molecular complexity index is 1290. The van der Waals surface area contributed by atoms with E-state index in [-0.39, 0.29) is 25.2 Å². The Kier molecular flexibility index (Phi) is 8.66. The highest BCUT2D eigenvalue weighted by Gasteiger charge is 2.25. The van der Waals surface area contributed by atoms with Crippen LogP contribution < -0.4 is 9.47 Å². The molecule has 2 aromatic carbocycles. The molecule has 9 heteroatoms. The van der Waals surface area contributed by atoms with Crippen molar-refractivity contribution in [2.75, 3.05) is 39.5 Å². The van der Waals surface area contributed by atoms with E-state index in [0.29, 0.717) is 36.7 Å². The van der Waals surface area contributed by atoms with Gasteiger partial charge in [0.1, 0.15) is 6.54 Å². The van der Waals surface area contributed by atoms with Crippen LogP contribution in [0.5, 0.6) is 11.5 Å². The molecular formula is C29H32BrN3O4S. The number of fused-ring (bicyclic) bond motifs is 1. The lowest BCUT2D eigenvalue weighted by Gasteiger charge is -2.29. The highest BCUT2D eigenvalue weighted by molar-refractivity contribution is 9.10. The summed E-state index contributed by atoms with van der Waals surface area (Å²) in [5.41, 5.74) is 2.69. The van der Waals surface area contributed by atoms with Crippen molar-refractivity contribution in [3.8, 4) is 11.5 Å². The minimum absolute atomic E-state index is 0.0220. The quantitative estimate of drug-likeness (QED) is 0.317. The van der Waals surface area contributed by atoms with E-state index in [4.69, 9.17) is 9.47 Å². The van der Waals surface area contributed by atoms with Crippen LogP contribution in [0.15, 0.2) is 58.4 Å². The summed E-state index contributed by atoms with van der Waals surface area (Å²) in [5, 5.41) is 2.05. The molecule has 38 heavy (non-hydrogen) atoms. The van der Waals surface area contributed by atoms with E-state index in [2.05, 4.69) is 33.8 Å². The van der Waals surface area contributed by atoms with Crippen LogP contribution in [-0.2, 0) is 17.9 Å². The zero-order chi connectivity index (χ0) is 26.5. The summed E-state index contributed by atoms with van der Waals surface area (Å²) in [5.74, 6) is 1.20. The standard InChI is InChI=1S/C29H32BrN3O4S/c1-21-9-14-38-27(21)18-33(17-22-7-8-25-26(15-22)37-20-36-25)28(34)19-32(13-12-31-10-2-3-11-31)29(35)23-5-4-6-24(30)16-23/h4-9,14-16H,2-3,10-13,17-20H2,1H3. The smallest absolute Gasteiger partial charge is 0.254 e. The van der Waals surface area contributed by atoms with Crippen LogP contribution in [0.3, 0.4) is 0 Å². The third kappa shape index (κ3) is 6.57. The zero-order valence-electron chi connectivity index (χ0n) is 21.5. The molecule has 3 aromatic rings. The molecule has 0 radical (unpaired) electrons. The second kappa shape index (κ2) is 12.3. The molecule has 0 spiro atoms. The number of hydrogen-bond acceptors (Lipinski definition) is 6. The topological polar surface area (TPSA) is 62.3 Å². The normalized spacial score (nSPS) is 14.6. The Morgan fingerprint density at radius 1 is 1.00 bits per heavy atom. The summed E-state index contributed by atoms with van der Waals surface area (Å²) < 4.78 is 11.8. The van der Waals surface area contributed by atoms with E-state index in [0.717, 1.165) is 40.1 Å². The molecule has 0 unspecified atom stereocenters. The summed E-state index contributed by atoms with van der Waals surface area (Å²) in [4.78, 5) is 34.5. The number of benzene rings is 2. The van der Waals surface area contributed by atoms with Gasteiger partial charge >= 0.3 is 0 Å². The maximum atomic E-state index is 13.9. The molecule has 0 saturated carbocycles. The third-order valence-corrected chi connectivity index (χ3v) is 8.54. The Morgan fingerprint density at radius 2 is 1.82 bits per heavy atom. The lowest BCUT2D eigenvalue weighted by Crippen LogP contribution is -2.45. The molecule has 200 valence electrons. The summed E-state index contributed by atoms with van der Waals surface area (Å²) in [6, 6.07) is 15.2. The Labute approximate surface area is 236 Å². The molecule has 1 saturated heterocycles. The van der Waals surface area contributed by atoms with E-state index in [1.165, 1.54) is 12.8 Å². The second-order valence-electron chi connectivity index (χ2n) is 9.75. The average molecular weight is 599 g/mol. The number of halogens is 1. The van der Waals surface area contributed by atoms with Crippen molar-refractivity contribution in [1.29, 1.82) is 0 Å². The summed E-state index contributed by atoms with van der Waals surface area (Å²) in [6.07, 6.45) is 2.37. The summed E-state index contributed by atoms with van der Waals surface area (Å²) in [6.45, 7) is 6.55. The van der Waals surface area contributed by atoms with Gasteiger partial charge in [-0.1, -0.05) is 28.1 Å². The fourth-order valence-electron chi connectivity index (χ4n) is 4.82. The highest BCUT2D eigenvalue weighted by Crippen LogP contribution is 2.33. The van der Waals surface area contributed by atoms with Crippen molar-refractivity contribution in [3.63, 3.8) is 0 Å². The Balaban J connectivity index is 1.36. The zero-order valence-corrected chi connectivity index (χ0v) is 23.9. The second-order valence-corrected chi connectivity index (χ2v) is 11.7. The van der Waals surface area contributed by atoms with E-state index in [9.17, 15) is 9.59 Å². The fourth-order valence-corrected chi connectivity index (χ4v) is 6.14. The lowest BCUT2D eigenvalue weighted by molar-refractivity contribution is -0.133. The van der Waals surface area contributed by atoms with E-state index in [1.54, 1.807) is 22.3 Å². The van der Waals surface area contributed by atoms with Gasteiger partial charge < -0.3 is 24.2 Å². The number of rotatable bonds is 10. The van der Waals surface area contributed by atoms with E-state index in [1.807, 2.05) is 46.7 Å². The maximum absolute atomic E-state index is 13.9. The van der Waals surface area contributed by atoms with Gasteiger partial charge in [0.2, 0.25) is 12.7 Å². The van der Waals surface area contributed by atoms with Gasteiger partial charge in [-0.25, -0.2) is 0 Å². The van der Waals surface area contributed by atoms with Gasteiger partial charge in [-0.05, 0) is 85.8 Å². The number of thiophene rings is 1. The van der Waals surface area contributed by atoms with Gasteiger partial charge in [-0.15, -0.1) is 11.3 Å². The van der Waals surface area contributed by atoms with E-state index < -0.39 is 0 Å². The van der Waals surface area contributed by atoms with Crippen molar-refractivity contribution in [3.05, 3.63) is 80.0 Å². The van der Waals surface area contributed by atoms with Crippen LogP contribution in [0.25, 0.3) is 0 Å². The molecule has 2 aliphatic heterocycles. The van der Waals surface area contributed by atoms with Gasteiger partial charge in [0.05, 0.1) is 6.54 Å². The molecule has 0 aliphatic carbocycles. The highest BCUT2D eigenvalue weighted by atomic mass is 79.9. The predicted molar refractivity (Wildman–Crippen MR) is 152 cm³/mol. The van der Waals surface area contributed by atoms with Gasteiger partial charge in [-0.3, -0.25) is 9.59 Å². The van der Waals surface area contributed by atoms with E-state index >= 15 is 0 Å². The largest absolute Gasteiger partial charge is 0.454 e. The first-order chi connectivity index (χ1) is 18.5. The van der Waals surface area contributed by atoms with Crippen LogP contribution in [0.1, 0.15) is 39.2 Å². The van der Waals surface area contributed by atoms with Crippen LogP contribution in [-0.4, -0.2) is 66.0 Å². The van der Waals surface area contributed by atoms with Crippen LogP contribution in [0, 0.1) is 6.92 Å². The molecule has 7 nitrogen and oxygen atoms in total. The number of likely N-dealkylation sites (tertiary alicyclic amines) is 1. The minimum Gasteiger partial charge on any atom is -0.454 e.